The summed E-state index contributed by atoms with van der Waals surface area (Å²) < 4.78 is 5.98. The van der Waals surface area contributed by atoms with E-state index in [4.69, 9.17) is 27.3 Å². The first-order valence-corrected chi connectivity index (χ1v) is 7.12. The van der Waals surface area contributed by atoms with Gasteiger partial charge in [0, 0.05) is 16.6 Å². The number of hydrogen-bond acceptors (Lipinski definition) is 3. The van der Waals surface area contributed by atoms with Crippen LogP contribution in [-0.4, -0.2) is 6.04 Å². The fourth-order valence-electron chi connectivity index (χ4n) is 2.08. The molecule has 0 radical (unpaired) electrons. The van der Waals surface area contributed by atoms with Crippen molar-refractivity contribution in [2.75, 3.05) is 0 Å². The van der Waals surface area contributed by atoms with Crippen molar-refractivity contribution in [2.24, 2.45) is 5.73 Å². The zero-order chi connectivity index (χ0) is 15.2. The molecule has 0 aliphatic heterocycles. The molecule has 2 aromatic carbocycles. The smallest absolute Gasteiger partial charge is 0.140 e. The van der Waals surface area contributed by atoms with Gasteiger partial charge in [-0.1, -0.05) is 41.9 Å². The minimum atomic E-state index is -0.319. The van der Waals surface area contributed by atoms with Gasteiger partial charge < -0.3 is 10.5 Å². The Morgan fingerprint density at radius 2 is 1.86 bits per heavy atom. The molecule has 0 heterocycles. The zero-order valence-corrected chi connectivity index (χ0v) is 12.5. The monoisotopic (exact) mass is 300 g/mol. The Morgan fingerprint density at radius 1 is 1.19 bits per heavy atom. The number of nitrogens with zero attached hydrogens (tertiary/aromatic N) is 1. The van der Waals surface area contributed by atoms with Crippen LogP contribution < -0.4 is 10.5 Å². The van der Waals surface area contributed by atoms with E-state index in [0.717, 1.165) is 11.1 Å². The Balaban J connectivity index is 2.21. The molecule has 0 saturated heterocycles. The van der Waals surface area contributed by atoms with Gasteiger partial charge in [0.2, 0.25) is 0 Å². The van der Waals surface area contributed by atoms with Crippen LogP contribution >= 0.6 is 11.6 Å². The third kappa shape index (κ3) is 3.98. The van der Waals surface area contributed by atoms with Crippen molar-refractivity contribution in [3.63, 3.8) is 0 Å². The Morgan fingerprint density at radius 3 is 2.43 bits per heavy atom. The van der Waals surface area contributed by atoms with Crippen molar-refractivity contribution in [2.45, 2.75) is 25.5 Å². The van der Waals surface area contributed by atoms with Gasteiger partial charge in [-0.25, -0.2) is 0 Å². The Kier molecular flexibility index (Phi) is 5.21. The number of hydrogen-bond donors (Lipinski definition) is 1. The largest absolute Gasteiger partial charge is 0.484 e. The molecule has 2 atom stereocenters. The van der Waals surface area contributed by atoms with E-state index >= 15 is 0 Å². The van der Waals surface area contributed by atoms with Crippen LogP contribution in [0.4, 0.5) is 0 Å². The summed E-state index contributed by atoms with van der Waals surface area (Å²) in [5, 5.41) is 9.31. The minimum absolute atomic E-state index is 0.205. The highest BCUT2D eigenvalue weighted by atomic mass is 35.5. The summed E-state index contributed by atoms with van der Waals surface area (Å²) in [6.07, 6.45) is 0.0714. The van der Waals surface area contributed by atoms with E-state index in [1.165, 1.54) is 0 Å². The highest BCUT2D eigenvalue weighted by Crippen LogP contribution is 2.29. The van der Waals surface area contributed by atoms with E-state index in [1.807, 2.05) is 55.5 Å². The summed E-state index contributed by atoms with van der Waals surface area (Å²) in [6, 6.07) is 16.9. The number of halogens is 1. The van der Waals surface area contributed by atoms with Crippen molar-refractivity contribution in [3.8, 4) is 11.8 Å². The Labute approximate surface area is 129 Å². The lowest BCUT2D eigenvalue weighted by Crippen LogP contribution is -2.29. The third-order valence-corrected chi connectivity index (χ3v) is 3.50. The molecule has 0 aliphatic carbocycles. The SMILES string of the molecule is CC(N)C(Oc1ccc(CC#N)cc1)c1ccccc1Cl. The molecule has 2 aromatic rings. The van der Waals surface area contributed by atoms with Crippen LogP contribution in [0.15, 0.2) is 48.5 Å². The molecule has 21 heavy (non-hydrogen) atoms. The maximum Gasteiger partial charge on any atom is 0.140 e. The van der Waals surface area contributed by atoms with Crippen LogP contribution in [0.1, 0.15) is 24.2 Å². The predicted octanol–water partition coefficient (Wildman–Crippen LogP) is 3.87. The Hall–Kier alpha value is -2.02. The van der Waals surface area contributed by atoms with Gasteiger partial charge in [0.05, 0.1) is 12.5 Å². The van der Waals surface area contributed by atoms with E-state index in [-0.39, 0.29) is 12.1 Å². The quantitative estimate of drug-likeness (QED) is 0.911. The van der Waals surface area contributed by atoms with Crippen LogP contribution in [0.2, 0.25) is 5.02 Å². The first-order valence-electron chi connectivity index (χ1n) is 6.74. The summed E-state index contributed by atoms with van der Waals surface area (Å²) in [6.45, 7) is 1.89. The zero-order valence-electron chi connectivity index (χ0n) is 11.8. The first-order chi connectivity index (χ1) is 10.1. The van der Waals surface area contributed by atoms with Gasteiger partial charge in [-0.2, -0.15) is 5.26 Å². The van der Waals surface area contributed by atoms with Gasteiger partial charge in [0.15, 0.2) is 0 Å². The standard InChI is InChI=1S/C17H17ClN2O/c1-12(20)17(15-4-2-3-5-16(15)18)21-14-8-6-13(7-9-14)10-11-19/h2-9,12,17H,10,20H2,1H3. The minimum Gasteiger partial charge on any atom is -0.484 e. The van der Waals surface area contributed by atoms with Crippen LogP contribution in [-0.2, 0) is 6.42 Å². The van der Waals surface area contributed by atoms with Crippen molar-refractivity contribution in [1.82, 2.24) is 0 Å². The van der Waals surface area contributed by atoms with Gasteiger partial charge >= 0.3 is 0 Å². The molecule has 0 fully saturated rings. The number of benzene rings is 2. The normalized spacial score (nSPS) is 13.2. The first kappa shape index (κ1) is 15.4. The second kappa shape index (κ2) is 7.12. The van der Waals surface area contributed by atoms with E-state index < -0.39 is 0 Å². The van der Waals surface area contributed by atoms with Crippen molar-refractivity contribution >= 4 is 11.6 Å². The molecule has 0 aromatic heterocycles. The number of nitriles is 1. The average molecular weight is 301 g/mol. The molecule has 4 heteroatoms. The lowest BCUT2D eigenvalue weighted by atomic mass is 10.0. The van der Waals surface area contributed by atoms with Crippen molar-refractivity contribution in [3.05, 3.63) is 64.7 Å². The van der Waals surface area contributed by atoms with Crippen LogP contribution in [0.25, 0.3) is 0 Å². The van der Waals surface area contributed by atoms with E-state index in [2.05, 4.69) is 6.07 Å². The molecular weight excluding hydrogens is 284 g/mol. The lowest BCUT2D eigenvalue weighted by molar-refractivity contribution is 0.180. The molecule has 0 bridgehead atoms. The topological polar surface area (TPSA) is 59.0 Å². The van der Waals surface area contributed by atoms with Gasteiger partial charge in [-0.05, 0) is 30.7 Å². The summed E-state index contributed by atoms with van der Waals surface area (Å²) in [5.41, 5.74) is 7.87. The van der Waals surface area contributed by atoms with Gasteiger partial charge in [0.25, 0.3) is 0 Å². The third-order valence-electron chi connectivity index (χ3n) is 3.16. The van der Waals surface area contributed by atoms with Crippen LogP contribution in [0, 0.1) is 11.3 Å². The van der Waals surface area contributed by atoms with Crippen LogP contribution in [0.3, 0.4) is 0 Å². The maximum atomic E-state index is 8.67. The molecular formula is C17H17ClN2O. The molecule has 2 rings (SSSR count). The van der Waals surface area contributed by atoms with Gasteiger partial charge in [0.1, 0.15) is 11.9 Å². The summed E-state index contributed by atoms with van der Waals surface area (Å²) in [7, 11) is 0. The summed E-state index contributed by atoms with van der Waals surface area (Å²) in [5.74, 6) is 0.707. The highest BCUT2D eigenvalue weighted by molar-refractivity contribution is 6.31. The second-order valence-corrected chi connectivity index (χ2v) is 5.31. The van der Waals surface area contributed by atoms with Gasteiger partial charge in [-0.15, -0.1) is 0 Å². The summed E-state index contributed by atoms with van der Waals surface area (Å²) in [4.78, 5) is 0. The van der Waals surface area contributed by atoms with Crippen molar-refractivity contribution < 1.29 is 4.74 Å². The summed E-state index contributed by atoms with van der Waals surface area (Å²) >= 11 is 6.22. The second-order valence-electron chi connectivity index (χ2n) is 4.90. The average Bonchev–Trinajstić information content (AvgIpc) is 2.47. The van der Waals surface area contributed by atoms with E-state index in [0.29, 0.717) is 17.2 Å². The fraction of sp³-hybridized carbons (Fsp3) is 0.235. The molecule has 2 unspecified atom stereocenters. The molecule has 2 N–H and O–H groups in total. The number of nitrogens with two attached hydrogens (primary N) is 1. The predicted molar refractivity (Wildman–Crippen MR) is 84.2 cm³/mol. The van der Waals surface area contributed by atoms with Crippen molar-refractivity contribution in [1.29, 1.82) is 5.26 Å². The molecule has 108 valence electrons. The molecule has 0 amide bonds. The highest BCUT2D eigenvalue weighted by Gasteiger charge is 2.20. The van der Waals surface area contributed by atoms with E-state index in [1.54, 1.807) is 0 Å². The molecule has 3 nitrogen and oxygen atoms in total. The molecule has 0 saturated carbocycles. The van der Waals surface area contributed by atoms with Gasteiger partial charge in [-0.3, -0.25) is 0 Å². The number of ether oxygens (including phenoxy) is 1. The van der Waals surface area contributed by atoms with Crippen LogP contribution in [0.5, 0.6) is 5.75 Å². The maximum absolute atomic E-state index is 8.67. The molecule has 0 aliphatic rings. The lowest BCUT2D eigenvalue weighted by Gasteiger charge is -2.24. The number of rotatable bonds is 5. The molecule has 0 spiro atoms. The van der Waals surface area contributed by atoms with E-state index in [9.17, 15) is 0 Å². The Bertz CT molecular complexity index is 632. The fourth-order valence-corrected chi connectivity index (χ4v) is 2.33.